The summed E-state index contributed by atoms with van der Waals surface area (Å²) in [6, 6.07) is 19.7. The molecule has 0 saturated heterocycles. The Bertz CT molecular complexity index is 1030. The standard InChI is InChI=1S/C19H15N5/c20-18-19(21)24-17(16(23-18)12-5-2-1-3-6-12)14-8-9-15-13(11-14)7-4-10-22-15/h1-11H,(H2,20,23)(H2,21,24). The first-order valence-corrected chi connectivity index (χ1v) is 7.56. The summed E-state index contributed by atoms with van der Waals surface area (Å²) in [6.45, 7) is 0. The van der Waals surface area contributed by atoms with E-state index in [4.69, 9.17) is 11.5 Å². The zero-order chi connectivity index (χ0) is 16.5. The molecule has 0 aliphatic heterocycles. The van der Waals surface area contributed by atoms with Crippen molar-refractivity contribution in [2.45, 2.75) is 0 Å². The number of fused-ring (bicyclic) bond motifs is 1. The van der Waals surface area contributed by atoms with Crippen molar-refractivity contribution >= 4 is 22.5 Å². The van der Waals surface area contributed by atoms with Crippen LogP contribution in [0.2, 0.25) is 0 Å². The van der Waals surface area contributed by atoms with Crippen LogP contribution in [0, 0.1) is 0 Å². The van der Waals surface area contributed by atoms with Gasteiger partial charge in [0.15, 0.2) is 11.6 Å². The summed E-state index contributed by atoms with van der Waals surface area (Å²) in [5.41, 5.74) is 16.0. The summed E-state index contributed by atoms with van der Waals surface area (Å²) < 4.78 is 0. The number of hydrogen-bond acceptors (Lipinski definition) is 5. The van der Waals surface area contributed by atoms with Gasteiger partial charge in [-0.3, -0.25) is 4.98 Å². The Kier molecular flexibility index (Phi) is 3.31. The highest BCUT2D eigenvalue weighted by molar-refractivity contribution is 5.88. The maximum Gasteiger partial charge on any atom is 0.166 e. The lowest BCUT2D eigenvalue weighted by atomic mass is 10.0. The second kappa shape index (κ2) is 5.62. The summed E-state index contributed by atoms with van der Waals surface area (Å²) in [4.78, 5) is 13.3. The molecule has 5 nitrogen and oxygen atoms in total. The molecule has 0 bridgehead atoms. The van der Waals surface area contributed by atoms with E-state index < -0.39 is 0 Å². The van der Waals surface area contributed by atoms with E-state index in [9.17, 15) is 0 Å². The Morgan fingerprint density at radius 1 is 0.667 bits per heavy atom. The Morgan fingerprint density at radius 3 is 2.12 bits per heavy atom. The molecule has 4 N–H and O–H groups in total. The minimum absolute atomic E-state index is 0.232. The second-order valence-corrected chi connectivity index (χ2v) is 5.47. The number of nitrogen functional groups attached to an aromatic ring is 2. The fraction of sp³-hybridized carbons (Fsp3) is 0. The monoisotopic (exact) mass is 313 g/mol. The minimum atomic E-state index is 0.232. The lowest BCUT2D eigenvalue weighted by Crippen LogP contribution is -2.04. The molecule has 0 atom stereocenters. The molecule has 0 spiro atoms. The number of nitrogens with zero attached hydrogens (tertiary/aromatic N) is 3. The van der Waals surface area contributed by atoms with Gasteiger partial charge in [0, 0.05) is 22.7 Å². The average Bonchev–Trinajstić information content (AvgIpc) is 2.64. The predicted molar refractivity (Wildman–Crippen MR) is 97.0 cm³/mol. The fourth-order valence-electron chi connectivity index (χ4n) is 2.68. The first-order valence-electron chi connectivity index (χ1n) is 7.56. The maximum atomic E-state index is 5.91. The van der Waals surface area contributed by atoms with Crippen molar-refractivity contribution < 1.29 is 0 Å². The lowest BCUT2D eigenvalue weighted by molar-refractivity contribution is 1.23. The molecule has 116 valence electrons. The van der Waals surface area contributed by atoms with Crippen LogP contribution in [-0.2, 0) is 0 Å². The Labute approximate surface area is 139 Å². The van der Waals surface area contributed by atoms with E-state index in [-0.39, 0.29) is 11.6 Å². The molecule has 0 fully saturated rings. The third-order valence-electron chi connectivity index (χ3n) is 3.87. The van der Waals surface area contributed by atoms with Gasteiger partial charge < -0.3 is 11.5 Å². The van der Waals surface area contributed by atoms with Gasteiger partial charge in [0.1, 0.15) is 0 Å². The van der Waals surface area contributed by atoms with Crippen LogP contribution in [0.15, 0.2) is 66.9 Å². The van der Waals surface area contributed by atoms with E-state index in [2.05, 4.69) is 15.0 Å². The van der Waals surface area contributed by atoms with E-state index in [1.165, 1.54) is 0 Å². The summed E-state index contributed by atoms with van der Waals surface area (Å²) in [5, 5.41) is 1.03. The summed E-state index contributed by atoms with van der Waals surface area (Å²) in [6.07, 6.45) is 1.78. The first-order chi connectivity index (χ1) is 11.7. The van der Waals surface area contributed by atoms with Crippen LogP contribution in [0.1, 0.15) is 0 Å². The molecule has 0 aliphatic rings. The fourth-order valence-corrected chi connectivity index (χ4v) is 2.68. The molecule has 2 aromatic heterocycles. The molecule has 0 unspecified atom stereocenters. The number of benzene rings is 2. The van der Waals surface area contributed by atoms with Gasteiger partial charge in [-0.15, -0.1) is 0 Å². The number of pyridine rings is 1. The maximum absolute atomic E-state index is 5.91. The Balaban J connectivity index is 1.97. The van der Waals surface area contributed by atoms with Crippen LogP contribution in [0.4, 0.5) is 11.6 Å². The van der Waals surface area contributed by atoms with Gasteiger partial charge in [-0.2, -0.15) is 0 Å². The molecular weight excluding hydrogens is 298 g/mol. The van der Waals surface area contributed by atoms with E-state index in [0.29, 0.717) is 11.4 Å². The quantitative estimate of drug-likeness (QED) is 0.591. The molecule has 4 rings (SSSR count). The van der Waals surface area contributed by atoms with Gasteiger partial charge in [-0.05, 0) is 18.2 Å². The normalized spacial score (nSPS) is 10.8. The summed E-state index contributed by atoms with van der Waals surface area (Å²) in [7, 11) is 0. The molecule has 2 aromatic carbocycles. The third-order valence-corrected chi connectivity index (χ3v) is 3.87. The van der Waals surface area contributed by atoms with Gasteiger partial charge in [0.05, 0.1) is 16.9 Å². The van der Waals surface area contributed by atoms with Crippen molar-refractivity contribution in [1.29, 1.82) is 0 Å². The number of hydrogen-bond donors (Lipinski definition) is 2. The van der Waals surface area contributed by atoms with Crippen LogP contribution in [0.3, 0.4) is 0 Å². The van der Waals surface area contributed by atoms with E-state index in [1.54, 1.807) is 6.20 Å². The van der Waals surface area contributed by atoms with Crippen molar-refractivity contribution in [2.24, 2.45) is 0 Å². The van der Waals surface area contributed by atoms with E-state index >= 15 is 0 Å². The van der Waals surface area contributed by atoms with Crippen LogP contribution in [0.5, 0.6) is 0 Å². The zero-order valence-corrected chi connectivity index (χ0v) is 12.8. The zero-order valence-electron chi connectivity index (χ0n) is 12.8. The van der Waals surface area contributed by atoms with Gasteiger partial charge in [0.2, 0.25) is 0 Å². The van der Waals surface area contributed by atoms with Gasteiger partial charge in [0.25, 0.3) is 0 Å². The van der Waals surface area contributed by atoms with Crippen LogP contribution >= 0.6 is 0 Å². The van der Waals surface area contributed by atoms with Crippen molar-refractivity contribution in [3.05, 3.63) is 66.9 Å². The van der Waals surface area contributed by atoms with Gasteiger partial charge in [-0.25, -0.2) is 9.97 Å². The third kappa shape index (κ3) is 2.42. The molecule has 0 radical (unpaired) electrons. The van der Waals surface area contributed by atoms with Crippen molar-refractivity contribution in [2.75, 3.05) is 11.5 Å². The van der Waals surface area contributed by atoms with E-state index in [1.807, 2.05) is 60.7 Å². The Morgan fingerprint density at radius 2 is 1.38 bits per heavy atom. The molecule has 0 amide bonds. The smallest absolute Gasteiger partial charge is 0.166 e. The predicted octanol–water partition coefficient (Wildman–Crippen LogP) is 3.52. The molecule has 5 heteroatoms. The molecule has 0 saturated carbocycles. The topological polar surface area (TPSA) is 90.7 Å². The minimum Gasteiger partial charge on any atom is -0.381 e. The van der Waals surface area contributed by atoms with Crippen LogP contribution in [0.25, 0.3) is 33.4 Å². The van der Waals surface area contributed by atoms with Gasteiger partial charge in [-0.1, -0.05) is 42.5 Å². The number of aromatic nitrogens is 3. The van der Waals surface area contributed by atoms with Crippen molar-refractivity contribution in [3.63, 3.8) is 0 Å². The van der Waals surface area contributed by atoms with Crippen molar-refractivity contribution in [3.8, 4) is 22.5 Å². The molecule has 4 aromatic rings. The number of nitrogens with two attached hydrogens (primary N) is 2. The van der Waals surface area contributed by atoms with Crippen molar-refractivity contribution in [1.82, 2.24) is 15.0 Å². The molecular formula is C19H15N5. The summed E-state index contributed by atoms with van der Waals surface area (Å²) in [5.74, 6) is 0.469. The molecule has 24 heavy (non-hydrogen) atoms. The van der Waals surface area contributed by atoms with E-state index in [0.717, 1.165) is 22.0 Å². The second-order valence-electron chi connectivity index (χ2n) is 5.47. The highest BCUT2D eigenvalue weighted by Crippen LogP contribution is 2.32. The Hall–Kier alpha value is -3.47. The largest absolute Gasteiger partial charge is 0.381 e. The molecule has 2 heterocycles. The number of rotatable bonds is 2. The van der Waals surface area contributed by atoms with Crippen LogP contribution < -0.4 is 11.5 Å². The van der Waals surface area contributed by atoms with Crippen LogP contribution in [-0.4, -0.2) is 15.0 Å². The summed E-state index contributed by atoms with van der Waals surface area (Å²) >= 11 is 0. The highest BCUT2D eigenvalue weighted by Gasteiger charge is 2.14. The average molecular weight is 313 g/mol. The number of anilines is 2. The first kappa shape index (κ1) is 14.1. The molecule has 0 aliphatic carbocycles. The SMILES string of the molecule is Nc1nc(-c2ccccc2)c(-c2ccc3ncccc3c2)nc1N. The highest BCUT2D eigenvalue weighted by atomic mass is 15.0. The van der Waals surface area contributed by atoms with Gasteiger partial charge >= 0.3 is 0 Å². The lowest BCUT2D eigenvalue weighted by Gasteiger charge is -2.11.